The van der Waals surface area contributed by atoms with E-state index in [1.54, 1.807) is 0 Å². The van der Waals surface area contributed by atoms with Crippen LogP contribution in [0.4, 0.5) is 0 Å². The van der Waals surface area contributed by atoms with Crippen LogP contribution >= 0.6 is 0 Å². The fourth-order valence-corrected chi connectivity index (χ4v) is 2.15. The molecule has 0 fully saturated rings. The van der Waals surface area contributed by atoms with E-state index in [9.17, 15) is 0 Å². The highest BCUT2D eigenvalue weighted by atomic mass is 15.0. The zero-order chi connectivity index (χ0) is 13.2. The van der Waals surface area contributed by atoms with E-state index in [0.717, 1.165) is 13.1 Å². The molecule has 3 nitrogen and oxygen atoms in total. The van der Waals surface area contributed by atoms with Crippen molar-refractivity contribution < 1.29 is 0 Å². The highest BCUT2D eigenvalue weighted by Gasteiger charge is 2.14. The minimum Gasteiger partial charge on any atom is -0.358 e. The van der Waals surface area contributed by atoms with Crippen LogP contribution in [-0.2, 0) is 6.54 Å². The van der Waals surface area contributed by atoms with E-state index in [1.807, 2.05) is 7.05 Å². The molecule has 0 radical (unpaired) electrons. The van der Waals surface area contributed by atoms with Crippen LogP contribution < -0.4 is 10.6 Å². The Kier molecular flexibility index (Phi) is 3.73. The predicted octanol–water partition coefficient (Wildman–Crippen LogP) is 2.56. The number of benzene rings is 1. The molecule has 0 spiro atoms. The lowest BCUT2D eigenvalue weighted by Crippen LogP contribution is -2.45. The first kappa shape index (κ1) is 13.1. The van der Waals surface area contributed by atoms with Gasteiger partial charge in [0.25, 0.3) is 0 Å². The van der Waals surface area contributed by atoms with Gasteiger partial charge in [-0.3, -0.25) is 0 Å². The smallest absolute Gasteiger partial charge is 0.0459 e. The van der Waals surface area contributed by atoms with E-state index >= 15 is 0 Å². The summed E-state index contributed by atoms with van der Waals surface area (Å²) >= 11 is 0. The maximum Gasteiger partial charge on any atom is 0.0459 e. The molecule has 18 heavy (non-hydrogen) atoms. The maximum atomic E-state index is 3.53. The SMILES string of the molecule is CNC(C)(C)CNCc1c(C)[nH]c2ccccc12. The van der Waals surface area contributed by atoms with E-state index in [2.05, 4.69) is 60.7 Å². The lowest BCUT2D eigenvalue weighted by atomic mass is 10.1. The van der Waals surface area contributed by atoms with Gasteiger partial charge in [0, 0.05) is 35.2 Å². The van der Waals surface area contributed by atoms with Gasteiger partial charge in [-0.15, -0.1) is 0 Å². The van der Waals surface area contributed by atoms with Gasteiger partial charge in [0.2, 0.25) is 0 Å². The molecule has 0 amide bonds. The summed E-state index contributed by atoms with van der Waals surface area (Å²) in [6.07, 6.45) is 0. The molecule has 98 valence electrons. The van der Waals surface area contributed by atoms with Crippen molar-refractivity contribution in [2.45, 2.75) is 32.9 Å². The molecule has 0 aliphatic carbocycles. The molecule has 0 saturated heterocycles. The second-order valence-electron chi connectivity index (χ2n) is 5.51. The standard InChI is InChI=1S/C15H23N3/c1-11-13(9-17-10-15(2,3)16-4)12-7-5-6-8-14(12)18-11/h5-8,16-18H,9-10H2,1-4H3. The molecule has 2 rings (SSSR count). The summed E-state index contributed by atoms with van der Waals surface area (Å²) in [6.45, 7) is 8.38. The number of nitrogens with one attached hydrogen (secondary N) is 3. The number of rotatable bonds is 5. The number of fused-ring (bicyclic) bond motifs is 1. The average Bonchev–Trinajstić information content (AvgIpc) is 2.66. The minimum absolute atomic E-state index is 0.125. The Morgan fingerprint density at radius 3 is 2.67 bits per heavy atom. The molecule has 0 aliphatic rings. The molecule has 2 aromatic rings. The van der Waals surface area contributed by atoms with E-state index < -0.39 is 0 Å². The summed E-state index contributed by atoms with van der Waals surface area (Å²) in [4.78, 5) is 3.43. The van der Waals surface area contributed by atoms with Crippen LogP contribution in [0.5, 0.6) is 0 Å². The largest absolute Gasteiger partial charge is 0.358 e. The first-order chi connectivity index (χ1) is 8.53. The van der Waals surface area contributed by atoms with Crippen molar-refractivity contribution in [1.29, 1.82) is 0 Å². The number of aromatic amines is 1. The van der Waals surface area contributed by atoms with Crippen LogP contribution in [0, 0.1) is 6.92 Å². The summed E-state index contributed by atoms with van der Waals surface area (Å²) in [5.74, 6) is 0. The van der Waals surface area contributed by atoms with Crippen LogP contribution in [0.25, 0.3) is 10.9 Å². The molecule has 1 aromatic carbocycles. The number of likely N-dealkylation sites (N-methyl/N-ethyl adjacent to an activating group) is 1. The summed E-state index contributed by atoms with van der Waals surface area (Å²) in [6, 6.07) is 8.47. The number of H-pyrrole nitrogens is 1. The van der Waals surface area contributed by atoms with E-state index in [0.29, 0.717) is 0 Å². The molecule has 1 heterocycles. The van der Waals surface area contributed by atoms with Gasteiger partial charge in [0.15, 0.2) is 0 Å². The Bertz CT molecular complexity index is 526. The molecule has 0 saturated carbocycles. The van der Waals surface area contributed by atoms with Crippen LogP contribution in [0.15, 0.2) is 24.3 Å². The van der Waals surface area contributed by atoms with Crippen molar-refractivity contribution in [3.8, 4) is 0 Å². The summed E-state index contributed by atoms with van der Waals surface area (Å²) < 4.78 is 0. The first-order valence-electron chi connectivity index (χ1n) is 6.49. The third-order valence-electron chi connectivity index (χ3n) is 3.57. The Balaban J connectivity index is 2.10. The van der Waals surface area contributed by atoms with E-state index in [-0.39, 0.29) is 5.54 Å². The second kappa shape index (κ2) is 5.12. The molecule has 1 aromatic heterocycles. The van der Waals surface area contributed by atoms with Crippen molar-refractivity contribution in [2.24, 2.45) is 0 Å². The Morgan fingerprint density at radius 1 is 1.22 bits per heavy atom. The monoisotopic (exact) mass is 245 g/mol. The molecule has 0 aliphatic heterocycles. The van der Waals surface area contributed by atoms with Crippen molar-refractivity contribution in [3.63, 3.8) is 0 Å². The summed E-state index contributed by atoms with van der Waals surface area (Å²) in [7, 11) is 2.00. The zero-order valence-electron chi connectivity index (χ0n) is 11.7. The minimum atomic E-state index is 0.125. The van der Waals surface area contributed by atoms with E-state index in [4.69, 9.17) is 0 Å². The number of para-hydroxylation sites is 1. The lowest BCUT2D eigenvalue weighted by molar-refractivity contribution is 0.393. The fraction of sp³-hybridized carbons (Fsp3) is 0.467. The molecule has 0 atom stereocenters. The lowest BCUT2D eigenvalue weighted by Gasteiger charge is -2.24. The van der Waals surface area contributed by atoms with Gasteiger partial charge in [0.1, 0.15) is 0 Å². The Morgan fingerprint density at radius 2 is 1.94 bits per heavy atom. The molecular weight excluding hydrogens is 222 g/mol. The van der Waals surface area contributed by atoms with Crippen LogP contribution in [-0.4, -0.2) is 24.1 Å². The van der Waals surface area contributed by atoms with Gasteiger partial charge in [-0.2, -0.15) is 0 Å². The van der Waals surface area contributed by atoms with E-state index in [1.165, 1.54) is 22.2 Å². The quantitative estimate of drug-likeness (QED) is 0.757. The van der Waals surface area contributed by atoms with Gasteiger partial charge in [-0.25, -0.2) is 0 Å². The van der Waals surface area contributed by atoms with Gasteiger partial charge < -0.3 is 15.6 Å². The highest BCUT2D eigenvalue weighted by Crippen LogP contribution is 2.21. The third kappa shape index (κ3) is 2.74. The normalized spacial score (nSPS) is 12.2. The van der Waals surface area contributed by atoms with Crippen LogP contribution in [0.3, 0.4) is 0 Å². The third-order valence-corrected chi connectivity index (χ3v) is 3.57. The second-order valence-corrected chi connectivity index (χ2v) is 5.51. The summed E-state index contributed by atoms with van der Waals surface area (Å²) in [5.41, 5.74) is 3.98. The molecule has 3 N–H and O–H groups in total. The predicted molar refractivity (Wildman–Crippen MR) is 77.9 cm³/mol. The Labute approximate surface area is 109 Å². The Hall–Kier alpha value is -1.32. The summed E-state index contributed by atoms with van der Waals surface area (Å²) in [5, 5.41) is 8.16. The number of aryl methyl sites for hydroxylation is 1. The molecule has 3 heteroatoms. The van der Waals surface area contributed by atoms with Crippen molar-refractivity contribution in [2.75, 3.05) is 13.6 Å². The molecular formula is C15H23N3. The number of aromatic nitrogens is 1. The van der Waals surface area contributed by atoms with Crippen molar-refractivity contribution in [1.82, 2.24) is 15.6 Å². The van der Waals surface area contributed by atoms with Crippen molar-refractivity contribution >= 4 is 10.9 Å². The van der Waals surface area contributed by atoms with Gasteiger partial charge >= 0.3 is 0 Å². The number of hydrogen-bond donors (Lipinski definition) is 3. The van der Waals surface area contributed by atoms with Gasteiger partial charge in [0.05, 0.1) is 0 Å². The zero-order valence-corrected chi connectivity index (χ0v) is 11.7. The van der Waals surface area contributed by atoms with Gasteiger partial charge in [-0.05, 0) is 39.4 Å². The average molecular weight is 245 g/mol. The topological polar surface area (TPSA) is 39.8 Å². The van der Waals surface area contributed by atoms with Crippen molar-refractivity contribution in [3.05, 3.63) is 35.5 Å². The molecule has 0 bridgehead atoms. The van der Waals surface area contributed by atoms with Gasteiger partial charge in [-0.1, -0.05) is 18.2 Å². The first-order valence-corrected chi connectivity index (χ1v) is 6.49. The van der Waals surface area contributed by atoms with Crippen LogP contribution in [0.1, 0.15) is 25.1 Å². The van der Waals surface area contributed by atoms with Crippen LogP contribution in [0.2, 0.25) is 0 Å². The number of hydrogen-bond acceptors (Lipinski definition) is 2. The fourth-order valence-electron chi connectivity index (χ4n) is 2.15. The maximum absolute atomic E-state index is 3.53. The highest BCUT2D eigenvalue weighted by molar-refractivity contribution is 5.84. The molecule has 0 unspecified atom stereocenters.